The first kappa shape index (κ1) is 16.0. The molecule has 1 atom stereocenters. The third-order valence-corrected chi connectivity index (χ3v) is 3.53. The molecule has 1 heterocycles. The summed E-state index contributed by atoms with van der Waals surface area (Å²) >= 11 is 1.54. The van der Waals surface area contributed by atoms with E-state index in [9.17, 15) is 13.6 Å². The zero-order valence-electron chi connectivity index (χ0n) is 11.3. The molecule has 1 aromatic heterocycles. The Bertz CT molecular complexity index is 388. The van der Waals surface area contributed by atoms with Crippen molar-refractivity contribution < 1.29 is 18.3 Å². The molecule has 0 bridgehead atoms. The molecule has 6 heteroatoms. The van der Waals surface area contributed by atoms with E-state index < -0.39 is 17.9 Å². The zero-order valence-corrected chi connectivity index (χ0v) is 12.1. The number of hydrogen-bond acceptors (Lipinski definition) is 3. The van der Waals surface area contributed by atoms with E-state index in [-0.39, 0.29) is 12.5 Å². The van der Waals surface area contributed by atoms with Gasteiger partial charge in [-0.05, 0) is 27.8 Å². The fourth-order valence-corrected chi connectivity index (χ4v) is 2.26. The van der Waals surface area contributed by atoms with Crippen LogP contribution in [-0.4, -0.2) is 19.1 Å². The summed E-state index contributed by atoms with van der Waals surface area (Å²) in [6.07, 6.45) is 0. The second-order valence-electron chi connectivity index (χ2n) is 5.36. The van der Waals surface area contributed by atoms with Crippen molar-refractivity contribution in [1.82, 2.24) is 5.32 Å². The Labute approximate surface area is 116 Å². The van der Waals surface area contributed by atoms with Crippen LogP contribution in [0.25, 0.3) is 0 Å². The molecule has 0 radical (unpaired) electrons. The highest BCUT2D eigenvalue weighted by Gasteiger charge is 2.32. The lowest BCUT2D eigenvalue weighted by atomic mass is 9.80. The highest BCUT2D eigenvalue weighted by atomic mass is 32.1. The number of halogens is 2. The van der Waals surface area contributed by atoms with E-state index in [1.54, 1.807) is 11.3 Å². The zero-order chi connectivity index (χ0) is 14.5. The molecule has 1 unspecified atom stereocenters. The van der Waals surface area contributed by atoms with Crippen LogP contribution in [0.5, 0.6) is 0 Å². The van der Waals surface area contributed by atoms with Crippen molar-refractivity contribution in [2.24, 2.45) is 11.3 Å². The van der Waals surface area contributed by atoms with Crippen LogP contribution in [0.3, 0.4) is 0 Å². The van der Waals surface area contributed by atoms with Crippen LogP contribution in [0, 0.1) is 11.3 Å². The highest BCUT2D eigenvalue weighted by Crippen LogP contribution is 2.27. The Morgan fingerprint density at radius 1 is 1.47 bits per heavy atom. The lowest BCUT2D eigenvalue weighted by Gasteiger charge is -2.29. The summed E-state index contributed by atoms with van der Waals surface area (Å²) in [6, 6.07) is 1.91. The smallest absolute Gasteiger partial charge is 0.345 e. The first-order valence-corrected chi connectivity index (χ1v) is 6.93. The number of hydrogen-bond donors (Lipinski definition) is 1. The summed E-state index contributed by atoms with van der Waals surface area (Å²) in [5, 5.41) is 6.61. The van der Waals surface area contributed by atoms with Gasteiger partial charge >= 0.3 is 6.61 Å². The summed E-state index contributed by atoms with van der Waals surface area (Å²) in [7, 11) is 0. The van der Waals surface area contributed by atoms with Crippen molar-refractivity contribution in [2.45, 2.75) is 33.9 Å². The minimum atomic E-state index is -2.85. The molecular weight excluding hydrogens is 272 g/mol. The second-order valence-corrected chi connectivity index (χ2v) is 6.14. The monoisotopic (exact) mass is 291 g/mol. The van der Waals surface area contributed by atoms with Crippen molar-refractivity contribution in [1.29, 1.82) is 0 Å². The first-order valence-electron chi connectivity index (χ1n) is 5.99. The molecule has 1 aromatic rings. The van der Waals surface area contributed by atoms with E-state index >= 15 is 0 Å². The summed E-state index contributed by atoms with van der Waals surface area (Å²) in [6.45, 7) is 2.76. The van der Waals surface area contributed by atoms with Crippen LogP contribution < -0.4 is 5.32 Å². The molecule has 0 saturated carbocycles. The summed E-state index contributed by atoms with van der Waals surface area (Å²) in [5.41, 5.74) is 0.564. The lowest BCUT2D eigenvalue weighted by molar-refractivity contribution is -0.156. The van der Waals surface area contributed by atoms with Crippen molar-refractivity contribution in [3.8, 4) is 0 Å². The van der Waals surface area contributed by atoms with Gasteiger partial charge in [-0.25, -0.2) is 0 Å². The molecule has 0 aliphatic carbocycles. The number of alkyl halides is 2. The quantitative estimate of drug-likeness (QED) is 0.873. The molecule has 0 fully saturated rings. The third kappa shape index (κ3) is 5.65. The topological polar surface area (TPSA) is 38.3 Å². The number of thiophene rings is 1. The Morgan fingerprint density at radius 3 is 2.63 bits per heavy atom. The van der Waals surface area contributed by atoms with E-state index in [0.29, 0.717) is 6.54 Å². The van der Waals surface area contributed by atoms with Gasteiger partial charge in [-0.3, -0.25) is 4.79 Å². The minimum Gasteiger partial charge on any atom is -0.352 e. The molecule has 0 aromatic carbocycles. The van der Waals surface area contributed by atoms with Crippen LogP contribution in [0.1, 0.15) is 26.3 Å². The third-order valence-electron chi connectivity index (χ3n) is 2.80. The van der Waals surface area contributed by atoms with Gasteiger partial charge in [0.15, 0.2) is 0 Å². The van der Waals surface area contributed by atoms with Crippen LogP contribution in [0.2, 0.25) is 0 Å². The van der Waals surface area contributed by atoms with Gasteiger partial charge in [0.2, 0.25) is 5.91 Å². The van der Waals surface area contributed by atoms with Crippen molar-refractivity contribution >= 4 is 17.2 Å². The summed E-state index contributed by atoms with van der Waals surface area (Å²) in [5.74, 6) is -0.875. The average Bonchev–Trinajstić information content (AvgIpc) is 2.76. The standard InChI is InChI=1S/C13H19F2NO2S/c1-13(2,3)10(7-18-12(14)15)11(17)16-6-9-4-5-19-8-9/h4-5,8,10,12H,6-7H2,1-3H3,(H,16,17). The van der Waals surface area contributed by atoms with Crippen molar-refractivity contribution in [3.05, 3.63) is 22.4 Å². The van der Waals surface area contributed by atoms with Crippen LogP contribution in [0.15, 0.2) is 16.8 Å². The second kappa shape index (κ2) is 6.96. The van der Waals surface area contributed by atoms with Gasteiger partial charge < -0.3 is 10.1 Å². The first-order chi connectivity index (χ1) is 8.80. The summed E-state index contributed by atoms with van der Waals surface area (Å²) < 4.78 is 28.5. The molecule has 3 nitrogen and oxygen atoms in total. The predicted molar refractivity (Wildman–Crippen MR) is 71.1 cm³/mol. The number of carbonyl (C=O) groups excluding carboxylic acids is 1. The molecule has 0 spiro atoms. The van der Waals surface area contributed by atoms with Gasteiger partial charge in [-0.1, -0.05) is 20.8 Å². The maximum absolute atomic E-state index is 12.1. The van der Waals surface area contributed by atoms with E-state index in [0.717, 1.165) is 5.56 Å². The Balaban J connectivity index is 2.56. The Hall–Kier alpha value is -1.01. The SMILES string of the molecule is CC(C)(C)C(COC(F)F)C(=O)NCc1ccsc1. The summed E-state index contributed by atoms with van der Waals surface area (Å²) in [4.78, 5) is 12.1. The molecule has 0 aliphatic heterocycles. The predicted octanol–water partition coefficient (Wildman–Crippen LogP) is 3.27. The van der Waals surface area contributed by atoms with Crippen LogP contribution in [0.4, 0.5) is 8.78 Å². The van der Waals surface area contributed by atoms with E-state index in [4.69, 9.17) is 0 Å². The molecule has 1 rings (SSSR count). The maximum Gasteiger partial charge on any atom is 0.345 e. The van der Waals surface area contributed by atoms with Gasteiger partial charge in [0, 0.05) is 6.54 Å². The van der Waals surface area contributed by atoms with Gasteiger partial charge in [-0.15, -0.1) is 0 Å². The maximum atomic E-state index is 12.1. The number of nitrogens with one attached hydrogen (secondary N) is 1. The molecule has 0 aliphatic rings. The van der Waals surface area contributed by atoms with E-state index in [1.165, 1.54) is 0 Å². The van der Waals surface area contributed by atoms with Crippen LogP contribution >= 0.6 is 11.3 Å². The normalized spacial score (nSPS) is 13.6. The molecule has 1 N–H and O–H groups in total. The van der Waals surface area contributed by atoms with Gasteiger partial charge in [0.25, 0.3) is 0 Å². The van der Waals surface area contributed by atoms with E-state index in [1.807, 2.05) is 37.6 Å². The molecule has 0 saturated heterocycles. The molecule has 19 heavy (non-hydrogen) atoms. The van der Waals surface area contributed by atoms with Gasteiger partial charge in [-0.2, -0.15) is 20.1 Å². The number of rotatable bonds is 6. The van der Waals surface area contributed by atoms with Crippen LogP contribution in [-0.2, 0) is 16.1 Å². The number of carbonyl (C=O) groups is 1. The van der Waals surface area contributed by atoms with Gasteiger partial charge in [0.1, 0.15) is 0 Å². The van der Waals surface area contributed by atoms with Crippen molar-refractivity contribution in [2.75, 3.05) is 6.61 Å². The van der Waals surface area contributed by atoms with Gasteiger partial charge in [0.05, 0.1) is 12.5 Å². The molecule has 1 amide bonds. The average molecular weight is 291 g/mol. The Morgan fingerprint density at radius 2 is 2.16 bits per heavy atom. The minimum absolute atomic E-state index is 0.264. The van der Waals surface area contributed by atoms with E-state index in [2.05, 4.69) is 10.1 Å². The van der Waals surface area contributed by atoms with Crippen molar-refractivity contribution in [3.63, 3.8) is 0 Å². The number of ether oxygens (including phenoxy) is 1. The Kier molecular flexibility index (Phi) is 5.87. The fraction of sp³-hybridized carbons (Fsp3) is 0.615. The fourth-order valence-electron chi connectivity index (χ4n) is 1.59. The lowest BCUT2D eigenvalue weighted by Crippen LogP contribution is -2.40. The highest BCUT2D eigenvalue weighted by molar-refractivity contribution is 7.07. The number of amides is 1. The largest absolute Gasteiger partial charge is 0.352 e. The molecule has 108 valence electrons. The molecular formula is C13H19F2NO2S.